The van der Waals surface area contributed by atoms with Crippen LogP contribution in [-0.4, -0.2) is 32.1 Å². The zero-order chi connectivity index (χ0) is 23.3. The number of aromatic nitrogens is 1. The number of alkyl halides is 3. The largest absolute Gasteiger partial charge is 0.452 e. The fourth-order valence-corrected chi connectivity index (χ4v) is 6.65. The summed E-state index contributed by atoms with van der Waals surface area (Å²) in [6, 6.07) is 12.4. The Bertz CT molecular complexity index is 1250. The van der Waals surface area contributed by atoms with Gasteiger partial charge < -0.3 is 9.84 Å². The van der Waals surface area contributed by atoms with E-state index in [0.717, 1.165) is 16.9 Å². The number of thiophene rings is 1. The summed E-state index contributed by atoms with van der Waals surface area (Å²) in [5.41, 5.74) is -0.691. The van der Waals surface area contributed by atoms with Crippen LogP contribution in [0.5, 0.6) is 0 Å². The van der Waals surface area contributed by atoms with Crippen molar-refractivity contribution in [1.29, 1.82) is 0 Å². The van der Waals surface area contributed by atoms with E-state index in [4.69, 9.17) is 0 Å². The highest BCUT2D eigenvalue weighted by molar-refractivity contribution is 7.91. The van der Waals surface area contributed by atoms with Crippen LogP contribution >= 0.6 is 11.3 Å². The Labute approximate surface area is 185 Å². The van der Waals surface area contributed by atoms with Crippen molar-refractivity contribution in [2.24, 2.45) is 5.92 Å². The van der Waals surface area contributed by atoms with Crippen LogP contribution < -0.4 is 10.0 Å². The Hall–Kier alpha value is -2.70. The first-order valence-corrected chi connectivity index (χ1v) is 11.8. The molecule has 1 saturated carbocycles. The van der Waals surface area contributed by atoms with Crippen LogP contribution in [-0.2, 0) is 21.0 Å². The van der Waals surface area contributed by atoms with Crippen LogP contribution in [0.4, 0.5) is 13.2 Å². The van der Waals surface area contributed by atoms with Gasteiger partial charge in [0, 0.05) is 19.0 Å². The van der Waals surface area contributed by atoms with Gasteiger partial charge in [0.15, 0.2) is 0 Å². The number of nitrogens with zero attached hydrogens (tertiary/aromatic N) is 1. The Kier molecular flexibility index (Phi) is 5.42. The minimum Gasteiger partial charge on any atom is -0.358 e. The molecular formula is C20H18F3N3O4S2. The molecule has 1 unspecified atom stereocenters. The monoisotopic (exact) mass is 485 g/mol. The lowest BCUT2D eigenvalue weighted by Gasteiger charge is -2.18. The standard InChI is InChI=1S/C20H18F3N3O4S2/c1-11-17(12-6-4-3-5-7-12)19(11,18(27)24-2)26-32(28,29)16-9-8-14(31-16)13-10-15(30-25-13)20(21,22)23/h3-11,17,26H,1-2H3,(H,24,27)/t11?,17-,19+/m1/s1. The Morgan fingerprint density at radius 1 is 1.19 bits per heavy atom. The van der Waals surface area contributed by atoms with E-state index in [1.165, 1.54) is 19.2 Å². The molecule has 0 saturated heterocycles. The van der Waals surface area contributed by atoms with Gasteiger partial charge in [-0.1, -0.05) is 42.4 Å². The second kappa shape index (κ2) is 7.71. The van der Waals surface area contributed by atoms with Crippen LogP contribution in [0.25, 0.3) is 10.6 Å². The minimum atomic E-state index is -4.70. The quantitative estimate of drug-likeness (QED) is 0.556. The number of hydrogen-bond donors (Lipinski definition) is 2. The third kappa shape index (κ3) is 3.71. The lowest BCUT2D eigenvalue weighted by Crippen LogP contribution is -2.50. The average Bonchev–Trinajstić information content (AvgIpc) is 3.20. The van der Waals surface area contributed by atoms with E-state index in [1.807, 2.05) is 30.3 Å². The summed E-state index contributed by atoms with van der Waals surface area (Å²) in [4.78, 5) is 12.9. The molecule has 0 aliphatic heterocycles. The average molecular weight is 486 g/mol. The highest BCUT2D eigenvalue weighted by Gasteiger charge is 2.69. The van der Waals surface area contributed by atoms with Gasteiger partial charge in [-0.2, -0.15) is 17.9 Å². The van der Waals surface area contributed by atoms with Crippen LogP contribution in [0.3, 0.4) is 0 Å². The molecule has 170 valence electrons. The molecule has 3 atom stereocenters. The number of halogens is 3. The Balaban J connectivity index is 1.64. The maximum Gasteiger partial charge on any atom is 0.452 e. The predicted molar refractivity (Wildman–Crippen MR) is 110 cm³/mol. The van der Waals surface area contributed by atoms with Crippen molar-refractivity contribution in [2.75, 3.05) is 7.05 Å². The van der Waals surface area contributed by atoms with Crippen molar-refractivity contribution in [3.8, 4) is 10.6 Å². The van der Waals surface area contributed by atoms with Gasteiger partial charge in [-0.15, -0.1) is 11.3 Å². The Morgan fingerprint density at radius 3 is 2.47 bits per heavy atom. The molecule has 0 radical (unpaired) electrons. The molecule has 1 aromatic carbocycles. The third-order valence-electron chi connectivity index (χ3n) is 5.55. The van der Waals surface area contributed by atoms with Crippen LogP contribution in [0.2, 0.25) is 0 Å². The Morgan fingerprint density at radius 2 is 1.88 bits per heavy atom. The van der Waals surface area contributed by atoms with Crippen molar-refractivity contribution in [3.05, 3.63) is 59.9 Å². The zero-order valence-electron chi connectivity index (χ0n) is 16.8. The number of rotatable bonds is 6. The molecule has 1 amide bonds. The normalized spacial score (nSPS) is 23.2. The van der Waals surface area contributed by atoms with Crippen molar-refractivity contribution in [2.45, 2.75) is 28.8 Å². The molecule has 1 aliphatic rings. The summed E-state index contributed by atoms with van der Waals surface area (Å²) in [5, 5.41) is 5.91. The number of nitrogens with one attached hydrogen (secondary N) is 2. The number of benzene rings is 1. The van der Waals surface area contributed by atoms with E-state index in [1.54, 1.807) is 6.92 Å². The summed E-state index contributed by atoms with van der Waals surface area (Å²) in [6.07, 6.45) is -4.70. The van der Waals surface area contributed by atoms with Crippen molar-refractivity contribution in [3.63, 3.8) is 0 Å². The van der Waals surface area contributed by atoms with Gasteiger partial charge in [0.1, 0.15) is 15.4 Å². The molecule has 7 nitrogen and oxygen atoms in total. The maximum absolute atomic E-state index is 13.1. The predicted octanol–water partition coefficient (Wildman–Crippen LogP) is 3.62. The minimum absolute atomic E-state index is 0.133. The molecular weight excluding hydrogens is 467 g/mol. The molecule has 1 fully saturated rings. The first kappa shape index (κ1) is 22.5. The second-order valence-corrected chi connectivity index (χ2v) is 10.4. The van der Waals surface area contributed by atoms with Crippen molar-refractivity contribution < 1.29 is 30.9 Å². The van der Waals surface area contributed by atoms with Crippen LogP contribution in [0.1, 0.15) is 24.2 Å². The number of amides is 1. The fraction of sp³-hybridized carbons (Fsp3) is 0.300. The number of likely N-dealkylation sites (N-methyl/N-ethyl adjacent to an activating group) is 1. The van der Waals surface area contributed by atoms with E-state index in [9.17, 15) is 26.4 Å². The lowest BCUT2D eigenvalue weighted by atomic mass is 10.1. The SMILES string of the molecule is CNC(=O)[C@]1(NS(=O)(=O)c2ccc(-c3cc(C(F)(F)F)on3)s2)C(C)[C@@H]1c1ccccc1. The first-order valence-electron chi connectivity index (χ1n) is 9.46. The van der Waals surface area contributed by atoms with Gasteiger partial charge in [0.25, 0.3) is 10.0 Å². The molecule has 1 aliphatic carbocycles. The van der Waals surface area contributed by atoms with Crippen LogP contribution in [0.15, 0.2) is 57.3 Å². The highest BCUT2D eigenvalue weighted by Crippen LogP contribution is 2.58. The smallest absolute Gasteiger partial charge is 0.358 e. The van der Waals surface area contributed by atoms with Gasteiger partial charge in [-0.3, -0.25) is 4.79 Å². The number of sulfonamides is 1. The molecule has 32 heavy (non-hydrogen) atoms. The molecule has 2 aromatic heterocycles. The van der Waals surface area contributed by atoms with Crippen molar-refractivity contribution >= 4 is 27.3 Å². The van der Waals surface area contributed by atoms with Gasteiger partial charge in [0.05, 0.1) is 4.88 Å². The number of carbonyl (C=O) groups excluding carboxylic acids is 1. The first-order chi connectivity index (χ1) is 15.0. The number of carbonyl (C=O) groups is 1. The summed E-state index contributed by atoms with van der Waals surface area (Å²) >= 11 is 0.731. The summed E-state index contributed by atoms with van der Waals surface area (Å²) in [5.74, 6) is -2.43. The molecule has 12 heteroatoms. The molecule has 0 bridgehead atoms. The maximum atomic E-state index is 13.1. The molecule has 4 rings (SSSR count). The van der Waals surface area contributed by atoms with E-state index < -0.39 is 33.4 Å². The van der Waals surface area contributed by atoms with Crippen LogP contribution in [0, 0.1) is 5.92 Å². The summed E-state index contributed by atoms with van der Waals surface area (Å²) in [6.45, 7) is 1.78. The zero-order valence-corrected chi connectivity index (χ0v) is 18.4. The van der Waals surface area contributed by atoms with Gasteiger partial charge in [-0.25, -0.2) is 8.42 Å². The highest BCUT2D eigenvalue weighted by atomic mass is 32.2. The molecule has 2 N–H and O–H groups in total. The van der Waals surface area contributed by atoms with E-state index in [-0.39, 0.29) is 26.6 Å². The summed E-state index contributed by atoms with van der Waals surface area (Å²) in [7, 11) is -2.74. The van der Waals surface area contributed by atoms with Gasteiger partial charge in [-0.05, 0) is 23.6 Å². The van der Waals surface area contributed by atoms with E-state index in [0.29, 0.717) is 6.07 Å². The topological polar surface area (TPSA) is 101 Å². The van der Waals surface area contributed by atoms with Crippen molar-refractivity contribution in [1.82, 2.24) is 15.2 Å². The fourth-order valence-electron chi connectivity index (χ4n) is 3.93. The molecule has 0 spiro atoms. The lowest BCUT2D eigenvalue weighted by molar-refractivity contribution is -0.155. The van der Waals surface area contributed by atoms with Gasteiger partial charge in [0.2, 0.25) is 11.7 Å². The van der Waals surface area contributed by atoms with E-state index >= 15 is 0 Å². The third-order valence-corrected chi connectivity index (χ3v) is 8.64. The second-order valence-electron chi connectivity index (χ2n) is 7.42. The van der Waals surface area contributed by atoms with Gasteiger partial charge >= 0.3 is 6.18 Å². The molecule has 2 heterocycles. The summed E-state index contributed by atoms with van der Waals surface area (Å²) < 4.78 is 71.2. The van der Waals surface area contributed by atoms with E-state index in [2.05, 4.69) is 19.7 Å². The number of hydrogen-bond acceptors (Lipinski definition) is 6. The molecule has 3 aromatic rings.